The van der Waals surface area contributed by atoms with Crippen LogP contribution in [0.15, 0.2) is 24.3 Å². The molecule has 3 heteroatoms. The molecule has 0 radical (unpaired) electrons. The van der Waals surface area contributed by atoms with Gasteiger partial charge in [-0.05, 0) is 44.0 Å². The summed E-state index contributed by atoms with van der Waals surface area (Å²) in [6.07, 6.45) is 3.29. The van der Waals surface area contributed by atoms with E-state index in [0.717, 1.165) is 25.8 Å². The van der Waals surface area contributed by atoms with Gasteiger partial charge in [-0.2, -0.15) is 0 Å². The molecule has 0 amide bonds. The van der Waals surface area contributed by atoms with E-state index in [-0.39, 0.29) is 6.42 Å². The molecule has 3 nitrogen and oxygen atoms in total. The van der Waals surface area contributed by atoms with Gasteiger partial charge in [0.05, 0.1) is 0 Å². The highest BCUT2D eigenvalue weighted by atomic mass is 16.4. The van der Waals surface area contributed by atoms with Crippen molar-refractivity contribution in [1.82, 2.24) is 4.90 Å². The summed E-state index contributed by atoms with van der Waals surface area (Å²) in [7, 11) is 2.09. The molecule has 1 unspecified atom stereocenters. The smallest absolute Gasteiger partial charge is 0.303 e. The number of hydrogen-bond donors (Lipinski definition) is 1. The largest absolute Gasteiger partial charge is 0.481 e. The van der Waals surface area contributed by atoms with Gasteiger partial charge in [-0.1, -0.05) is 24.3 Å². The van der Waals surface area contributed by atoms with Gasteiger partial charge in [-0.25, -0.2) is 0 Å². The molecule has 0 saturated carbocycles. The third-order valence-corrected chi connectivity index (χ3v) is 3.53. The Morgan fingerprint density at radius 3 is 3.00 bits per heavy atom. The average Bonchev–Trinajstić information content (AvgIpc) is 2.72. The van der Waals surface area contributed by atoms with Crippen LogP contribution in [0.2, 0.25) is 0 Å². The molecule has 92 valence electrons. The molecule has 1 atom stereocenters. The molecule has 0 saturated heterocycles. The summed E-state index contributed by atoms with van der Waals surface area (Å²) in [6.45, 7) is 0.852. The van der Waals surface area contributed by atoms with Crippen molar-refractivity contribution in [3.05, 3.63) is 35.4 Å². The summed E-state index contributed by atoms with van der Waals surface area (Å²) in [4.78, 5) is 12.8. The normalized spacial score (nSPS) is 18.4. The topological polar surface area (TPSA) is 40.5 Å². The first-order valence-corrected chi connectivity index (χ1v) is 6.18. The van der Waals surface area contributed by atoms with Gasteiger partial charge < -0.3 is 5.11 Å². The zero-order valence-corrected chi connectivity index (χ0v) is 10.2. The molecule has 1 aromatic carbocycles. The van der Waals surface area contributed by atoms with E-state index in [1.165, 1.54) is 11.1 Å². The number of rotatable bonds is 5. The van der Waals surface area contributed by atoms with E-state index in [1.54, 1.807) is 0 Å². The molecule has 0 fully saturated rings. The standard InChI is InChI=1S/C14H19NO2/c1-15(10-4-7-14(16)17)13-9-8-11-5-2-3-6-12(11)13/h2-3,5-6,13H,4,7-10H2,1H3,(H,16,17). The number of aryl methyl sites for hydroxylation is 1. The fraction of sp³-hybridized carbons (Fsp3) is 0.500. The van der Waals surface area contributed by atoms with Crippen LogP contribution in [0.3, 0.4) is 0 Å². The predicted molar refractivity (Wildman–Crippen MR) is 67.0 cm³/mol. The van der Waals surface area contributed by atoms with Gasteiger partial charge in [0.25, 0.3) is 0 Å². The minimum atomic E-state index is -0.703. The number of carbonyl (C=O) groups is 1. The highest BCUT2D eigenvalue weighted by molar-refractivity contribution is 5.66. The third-order valence-electron chi connectivity index (χ3n) is 3.53. The molecule has 0 heterocycles. The molecule has 0 aliphatic heterocycles. The Hall–Kier alpha value is -1.35. The number of fused-ring (bicyclic) bond motifs is 1. The van der Waals surface area contributed by atoms with Crippen LogP contribution in [-0.4, -0.2) is 29.6 Å². The lowest BCUT2D eigenvalue weighted by Crippen LogP contribution is -2.24. The second-order valence-electron chi connectivity index (χ2n) is 4.73. The number of benzene rings is 1. The molecule has 17 heavy (non-hydrogen) atoms. The van der Waals surface area contributed by atoms with Gasteiger partial charge in [0, 0.05) is 12.5 Å². The minimum absolute atomic E-state index is 0.263. The Kier molecular flexibility index (Phi) is 3.79. The number of hydrogen-bond acceptors (Lipinski definition) is 2. The van der Waals surface area contributed by atoms with Gasteiger partial charge in [0.2, 0.25) is 0 Å². The number of carboxylic acid groups (broad SMARTS) is 1. The summed E-state index contributed by atoms with van der Waals surface area (Å²) in [6, 6.07) is 9.04. The maximum absolute atomic E-state index is 10.5. The first-order valence-electron chi connectivity index (χ1n) is 6.18. The van der Waals surface area contributed by atoms with Crippen LogP contribution in [0, 0.1) is 0 Å². The van der Waals surface area contributed by atoms with E-state index in [0.29, 0.717) is 6.04 Å². The molecule has 0 bridgehead atoms. The Morgan fingerprint density at radius 2 is 2.24 bits per heavy atom. The highest BCUT2D eigenvalue weighted by Gasteiger charge is 2.24. The Balaban J connectivity index is 1.93. The maximum atomic E-state index is 10.5. The highest BCUT2D eigenvalue weighted by Crippen LogP contribution is 2.34. The van der Waals surface area contributed by atoms with E-state index < -0.39 is 5.97 Å². The molecular formula is C14H19NO2. The third kappa shape index (κ3) is 2.86. The number of aliphatic carboxylic acids is 1. The monoisotopic (exact) mass is 233 g/mol. The lowest BCUT2D eigenvalue weighted by atomic mass is 10.1. The molecule has 2 rings (SSSR count). The van der Waals surface area contributed by atoms with Gasteiger partial charge in [0.1, 0.15) is 0 Å². The van der Waals surface area contributed by atoms with Crippen molar-refractivity contribution in [1.29, 1.82) is 0 Å². The molecule has 1 N–H and O–H groups in total. The Labute approximate surface area is 102 Å². The summed E-state index contributed by atoms with van der Waals surface area (Å²) in [5.74, 6) is -0.703. The first-order chi connectivity index (χ1) is 8.18. The van der Waals surface area contributed by atoms with Gasteiger partial charge >= 0.3 is 5.97 Å². The SMILES string of the molecule is CN(CCCC(=O)O)C1CCc2ccccc21. The predicted octanol–water partition coefficient (Wildman–Crippen LogP) is 2.47. The van der Waals surface area contributed by atoms with Crippen molar-refractivity contribution in [2.24, 2.45) is 0 Å². The van der Waals surface area contributed by atoms with Gasteiger partial charge in [-0.15, -0.1) is 0 Å². The van der Waals surface area contributed by atoms with E-state index >= 15 is 0 Å². The second-order valence-corrected chi connectivity index (χ2v) is 4.73. The van der Waals surface area contributed by atoms with Gasteiger partial charge in [0.15, 0.2) is 0 Å². The van der Waals surface area contributed by atoms with E-state index in [9.17, 15) is 4.79 Å². The van der Waals surface area contributed by atoms with Crippen molar-refractivity contribution in [2.75, 3.05) is 13.6 Å². The lowest BCUT2D eigenvalue weighted by molar-refractivity contribution is -0.137. The van der Waals surface area contributed by atoms with Crippen molar-refractivity contribution < 1.29 is 9.90 Å². The lowest BCUT2D eigenvalue weighted by Gasteiger charge is -2.24. The van der Waals surface area contributed by atoms with Crippen molar-refractivity contribution in [2.45, 2.75) is 31.7 Å². The van der Waals surface area contributed by atoms with Crippen LogP contribution in [0.1, 0.15) is 36.4 Å². The zero-order chi connectivity index (χ0) is 12.3. The molecule has 0 spiro atoms. The molecule has 0 aromatic heterocycles. The van der Waals surface area contributed by atoms with E-state index in [4.69, 9.17) is 5.11 Å². The fourth-order valence-electron chi connectivity index (χ4n) is 2.63. The first kappa shape index (κ1) is 12.1. The summed E-state index contributed by atoms with van der Waals surface area (Å²) in [5.41, 5.74) is 2.87. The molecular weight excluding hydrogens is 214 g/mol. The van der Waals surface area contributed by atoms with E-state index in [2.05, 4.69) is 36.2 Å². The quantitative estimate of drug-likeness (QED) is 0.849. The summed E-state index contributed by atoms with van der Waals surface area (Å²) in [5, 5.41) is 8.63. The van der Waals surface area contributed by atoms with Crippen LogP contribution in [0.5, 0.6) is 0 Å². The summed E-state index contributed by atoms with van der Waals surface area (Å²) < 4.78 is 0. The summed E-state index contributed by atoms with van der Waals surface area (Å²) >= 11 is 0. The minimum Gasteiger partial charge on any atom is -0.481 e. The van der Waals surface area contributed by atoms with Gasteiger partial charge in [-0.3, -0.25) is 9.69 Å². The molecule has 1 aliphatic carbocycles. The maximum Gasteiger partial charge on any atom is 0.303 e. The van der Waals surface area contributed by atoms with Crippen molar-refractivity contribution in [3.8, 4) is 0 Å². The van der Waals surface area contributed by atoms with Crippen LogP contribution < -0.4 is 0 Å². The average molecular weight is 233 g/mol. The van der Waals surface area contributed by atoms with Crippen LogP contribution in [0.25, 0.3) is 0 Å². The van der Waals surface area contributed by atoms with Crippen LogP contribution >= 0.6 is 0 Å². The fourth-order valence-corrected chi connectivity index (χ4v) is 2.63. The van der Waals surface area contributed by atoms with Crippen LogP contribution in [-0.2, 0) is 11.2 Å². The Bertz CT molecular complexity index is 403. The van der Waals surface area contributed by atoms with Crippen molar-refractivity contribution in [3.63, 3.8) is 0 Å². The van der Waals surface area contributed by atoms with Crippen LogP contribution in [0.4, 0.5) is 0 Å². The van der Waals surface area contributed by atoms with E-state index in [1.807, 2.05) is 0 Å². The van der Waals surface area contributed by atoms with Crippen molar-refractivity contribution >= 4 is 5.97 Å². The Morgan fingerprint density at radius 1 is 1.47 bits per heavy atom. The second kappa shape index (κ2) is 5.32. The zero-order valence-electron chi connectivity index (χ0n) is 10.2. The molecule has 1 aliphatic rings. The number of nitrogens with zero attached hydrogens (tertiary/aromatic N) is 1. The molecule has 1 aromatic rings. The number of carboxylic acids is 1.